The number of nitrogens with zero attached hydrogens (tertiary/aromatic N) is 2. The van der Waals surface area contributed by atoms with Crippen LogP contribution < -0.4 is 5.32 Å². The molecule has 0 spiro atoms. The monoisotopic (exact) mass is 197 g/mol. The molecule has 0 bridgehead atoms. The van der Waals surface area contributed by atoms with Crippen molar-refractivity contribution in [1.82, 2.24) is 15.1 Å². The zero-order chi connectivity index (χ0) is 10.4. The third-order valence-electron chi connectivity index (χ3n) is 2.48. The minimum atomic E-state index is -0.0286. The predicted molar refractivity (Wildman–Crippen MR) is 57.1 cm³/mol. The first-order valence-electron chi connectivity index (χ1n) is 5.01. The van der Waals surface area contributed by atoms with Gasteiger partial charge < -0.3 is 10.2 Å². The maximum absolute atomic E-state index is 10.9. The predicted octanol–water partition coefficient (Wildman–Crippen LogP) is -0.464. The average molecular weight is 197 g/mol. The Morgan fingerprint density at radius 3 is 2.57 bits per heavy atom. The van der Waals surface area contributed by atoms with Crippen molar-refractivity contribution in [2.24, 2.45) is 0 Å². The highest BCUT2D eigenvalue weighted by Crippen LogP contribution is 1.98. The summed E-state index contributed by atoms with van der Waals surface area (Å²) < 4.78 is 0. The molecule has 1 aliphatic rings. The minimum absolute atomic E-state index is 0.0286. The molecule has 0 aromatic carbocycles. The van der Waals surface area contributed by atoms with E-state index in [1.54, 1.807) is 13.1 Å². The van der Waals surface area contributed by atoms with Crippen LogP contribution in [0.4, 0.5) is 0 Å². The maximum Gasteiger partial charge on any atom is 0.243 e. The Bertz CT molecular complexity index is 207. The van der Waals surface area contributed by atoms with Crippen molar-refractivity contribution >= 4 is 5.91 Å². The zero-order valence-corrected chi connectivity index (χ0v) is 8.99. The summed E-state index contributed by atoms with van der Waals surface area (Å²) >= 11 is 0. The molecule has 4 heteroatoms. The Labute approximate surface area is 85.6 Å². The quantitative estimate of drug-likeness (QED) is 0.622. The maximum atomic E-state index is 10.9. The van der Waals surface area contributed by atoms with E-state index in [2.05, 4.69) is 22.2 Å². The Hall–Kier alpha value is -0.870. The number of amides is 1. The summed E-state index contributed by atoms with van der Waals surface area (Å²) in [5, 5.41) is 2.56. The van der Waals surface area contributed by atoms with Crippen LogP contribution in [0, 0.1) is 0 Å². The molecule has 1 saturated heterocycles. The van der Waals surface area contributed by atoms with E-state index in [4.69, 9.17) is 0 Å². The van der Waals surface area contributed by atoms with Crippen molar-refractivity contribution in [3.63, 3.8) is 0 Å². The molecule has 1 N–H and O–H groups in total. The summed E-state index contributed by atoms with van der Waals surface area (Å²) in [5.41, 5.74) is 0. The highest BCUT2D eigenvalue weighted by Gasteiger charge is 2.11. The highest BCUT2D eigenvalue weighted by molar-refractivity contribution is 5.87. The van der Waals surface area contributed by atoms with E-state index < -0.39 is 0 Å². The van der Waals surface area contributed by atoms with Crippen molar-refractivity contribution < 1.29 is 4.79 Å². The lowest BCUT2D eigenvalue weighted by Crippen LogP contribution is -2.44. The topological polar surface area (TPSA) is 35.6 Å². The molecule has 1 amide bonds. The van der Waals surface area contributed by atoms with Gasteiger partial charge in [-0.1, -0.05) is 6.08 Å². The second kappa shape index (κ2) is 5.78. The Kier molecular flexibility index (Phi) is 4.62. The lowest BCUT2D eigenvalue weighted by atomic mass is 10.3. The van der Waals surface area contributed by atoms with Gasteiger partial charge in [0.05, 0.1) is 0 Å². The van der Waals surface area contributed by atoms with Crippen LogP contribution in [0.15, 0.2) is 12.2 Å². The molecule has 80 valence electrons. The fourth-order valence-corrected chi connectivity index (χ4v) is 1.42. The van der Waals surface area contributed by atoms with Crippen LogP contribution in [0.25, 0.3) is 0 Å². The molecule has 0 radical (unpaired) electrons. The first-order chi connectivity index (χ1) is 6.72. The van der Waals surface area contributed by atoms with Crippen LogP contribution in [-0.4, -0.2) is 62.5 Å². The fourth-order valence-electron chi connectivity index (χ4n) is 1.42. The number of nitrogens with one attached hydrogen (secondary N) is 1. The zero-order valence-electron chi connectivity index (χ0n) is 8.99. The van der Waals surface area contributed by atoms with Crippen LogP contribution in [0.1, 0.15) is 0 Å². The lowest BCUT2D eigenvalue weighted by molar-refractivity contribution is -0.116. The van der Waals surface area contributed by atoms with Crippen LogP contribution in [-0.2, 0) is 4.79 Å². The summed E-state index contributed by atoms with van der Waals surface area (Å²) in [4.78, 5) is 15.5. The van der Waals surface area contributed by atoms with Crippen molar-refractivity contribution in [3.05, 3.63) is 12.2 Å². The molecule has 0 unspecified atom stereocenters. The van der Waals surface area contributed by atoms with E-state index in [1.807, 2.05) is 6.08 Å². The van der Waals surface area contributed by atoms with Crippen molar-refractivity contribution in [2.75, 3.05) is 46.8 Å². The molecule has 1 rings (SSSR count). The van der Waals surface area contributed by atoms with Crippen molar-refractivity contribution in [1.29, 1.82) is 0 Å². The van der Waals surface area contributed by atoms with Gasteiger partial charge >= 0.3 is 0 Å². The third kappa shape index (κ3) is 3.89. The van der Waals surface area contributed by atoms with Crippen molar-refractivity contribution in [3.8, 4) is 0 Å². The SMILES string of the molecule is CNC(=O)C=CCN1CCN(C)CC1. The fraction of sp³-hybridized carbons (Fsp3) is 0.700. The number of rotatable bonds is 3. The van der Waals surface area contributed by atoms with Crippen LogP contribution in [0.2, 0.25) is 0 Å². The number of hydrogen-bond acceptors (Lipinski definition) is 3. The third-order valence-corrected chi connectivity index (χ3v) is 2.48. The van der Waals surface area contributed by atoms with Crippen LogP contribution in [0.3, 0.4) is 0 Å². The van der Waals surface area contributed by atoms with E-state index >= 15 is 0 Å². The van der Waals surface area contributed by atoms with Gasteiger partial charge in [0.2, 0.25) is 5.91 Å². The van der Waals surface area contributed by atoms with E-state index in [1.165, 1.54) is 0 Å². The summed E-state index contributed by atoms with van der Waals surface area (Å²) in [6.07, 6.45) is 3.52. The van der Waals surface area contributed by atoms with Gasteiger partial charge in [-0.15, -0.1) is 0 Å². The second-order valence-electron chi connectivity index (χ2n) is 3.62. The normalized spacial score (nSPS) is 20.1. The standard InChI is InChI=1S/C10H19N3O/c1-11-10(14)4-3-5-13-8-6-12(2)7-9-13/h3-4H,5-9H2,1-2H3,(H,11,14). The van der Waals surface area contributed by atoms with Gasteiger partial charge in [-0.2, -0.15) is 0 Å². The van der Waals surface area contributed by atoms with E-state index in [0.717, 1.165) is 32.7 Å². The van der Waals surface area contributed by atoms with Gasteiger partial charge in [0, 0.05) is 45.8 Å². The molecule has 1 fully saturated rings. The molecule has 0 aliphatic carbocycles. The van der Waals surface area contributed by atoms with Crippen molar-refractivity contribution in [2.45, 2.75) is 0 Å². The lowest BCUT2D eigenvalue weighted by Gasteiger charge is -2.31. The first-order valence-corrected chi connectivity index (χ1v) is 5.01. The molecular formula is C10H19N3O. The smallest absolute Gasteiger partial charge is 0.243 e. The molecule has 14 heavy (non-hydrogen) atoms. The summed E-state index contributed by atoms with van der Waals surface area (Å²) in [7, 11) is 3.78. The molecule has 1 heterocycles. The van der Waals surface area contributed by atoms with Gasteiger partial charge in [-0.25, -0.2) is 0 Å². The van der Waals surface area contributed by atoms with Gasteiger partial charge in [0.1, 0.15) is 0 Å². The number of piperazine rings is 1. The molecule has 1 aliphatic heterocycles. The molecule has 4 nitrogen and oxygen atoms in total. The van der Waals surface area contributed by atoms with Gasteiger partial charge in [0.25, 0.3) is 0 Å². The average Bonchev–Trinajstić information content (AvgIpc) is 2.21. The van der Waals surface area contributed by atoms with E-state index in [9.17, 15) is 4.79 Å². The van der Waals surface area contributed by atoms with Gasteiger partial charge in [0.15, 0.2) is 0 Å². The Balaban J connectivity index is 2.19. The molecule has 0 atom stereocenters. The highest BCUT2D eigenvalue weighted by atomic mass is 16.1. The number of hydrogen-bond donors (Lipinski definition) is 1. The largest absolute Gasteiger partial charge is 0.356 e. The molecule has 0 aromatic rings. The van der Waals surface area contributed by atoms with Gasteiger partial charge in [-0.3, -0.25) is 9.69 Å². The summed E-state index contributed by atoms with van der Waals surface area (Å²) in [6, 6.07) is 0. The summed E-state index contributed by atoms with van der Waals surface area (Å²) in [5.74, 6) is -0.0286. The van der Waals surface area contributed by atoms with Crippen LogP contribution >= 0.6 is 0 Å². The first kappa shape index (κ1) is 11.2. The van der Waals surface area contributed by atoms with E-state index in [0.29, 0.717) is 0 Å². The second-order valence-corrected chi connectivity index (χ2v) is 3.62. The van der Waals surface area contributed by atoms with Gasteiger partial charge in [-0.05, 0) is 7.05 Å². The Morgan fingerprint density at radius 2 is 2.00 bits per heavy atom. The number of carbonyl (C=O) groups is 1. The molecular weight excluding hydrogens is 178 g/mol. The summed E-state index contributed by atoms with van der Waals surface area (Å²) in [6.45, 7) is 5.30. The minimum Gasteiger partial charge on any atom is -0.356 e. The Morgan fingerprint density at radius 1 is 1.36 bits per heavy atom. The number of carbonyl (C=O) groups excluding carboxylic acids is 1. The van der Waals surface area contributed by atoms with E-state index in [-0.39, 0.29) is 5.91 Å². The molecule has 0 aromatic heterocycles. The number of likely N-dealkylation sites (N-methyl/N-ethyl adjacent to an activating group) is 2. The molecule has 0 saturated carbocycles. The van der Waals surface area contributed by atoms with Crippen LogP contribution in [0.5, 0.6) is 0 Å².